The van der Waals surface area contributed by atoms with Crippen LogP contribution < -0.4 is 24.8 Å². The fourth-order valence-corrected chi connectivity index (χ4v) is 3.97. The van der Waals surface area contributed by atoms with Gasteiger partial charge in [-0.25, -0.2) is 0 Å². The van der Waals surface area contributed by atoms with E-state index in [1.54, 1.807) is 45.4 Å². The average molecular weight is 499 g/mol. The second kappa shape index (κ2) is 11.9. The van der Waals surface area contributed by atoms with Crippen molar-refractivity contribution in [2.45, 2.75) is 19.4 Å². The minimum absolute atomic E-state index is 0.278. The number of ether oxygens (including phenoxy) is 3. The maximum atomic E-state index is 12.9. The molecule has 7 nitrogen and oxygen atoms in total. The summed E-state index contributed by atoms with van der Waals surface area (Å²) in [5.74, 6) is 1.26. The first-order valence-electron chi connectivity index (χ1n) is 12.0. The highest BCUT2D eigenvalue weighted by Crippen LogP contribution is 2.27. The van der Waals surface area contributed by atoms with Crippen molar-refractivity contribution in [2.24, 2.45) is 0 Å². The van der Waals surface area contributed by atoms with Crippen molar-refractivity contribution < 1.29 is 23.8 Å². The Kier molecular flexibility index (Phi) is 8.26. The van der Waals surface area contributed by atoms with E-state index < -0.39 is 6.10 Å². The lowest BCUT2D eigenvalue weighted by Crippen LogP contribution is -2.32. The Labute approximate surface area is 216 Å². The summed E-state index contributed by atoms with van der Waals surface area (Å²) in [5.41, 5.74) is 1.80. The van der Waals surface area contributed by atoms with E-state index in [2.05, 4.69) is 10.6 Å². The van der Waals surface area contributed by atoms with E-state index in [0.717, 1.165) is 16.3 Å². The van der Waals surface area contributed by atoms with Gasteiger partial charge in [-0.15, -0.1) is 0 Å². The van der Waals surface area contributed by atoms with Crippen molar-refractivity contribution in [1.29, 1.82) is 0 Å². The number of anilines is 1. The van der Waals surface area contributed by atoms with Crippen LogP contribution in [0, 0.1) is 0 Å². The molecule has 0 aliphatic heterocycles. The molecule has 1 atom stereocenters. The molecule has 0 radical (unpaired) electrons. The molecule has 7 heteroatoms. The van der Waals surface area contributed by atoms with Crippen LogP contribution >= 0.6 is 0 Å². The van der Waals surface area contributed by atoms with Gasteiger partial charge in [0.15, 0.2) is 17.6 Å². The summed E-state index contributed by atoms with van der Waals surface area (Å²) in [4.78, 5) is 25.8. The van der Waals surface area contributed by atoms with Gasteiger partial charge in [-0.1, -0.05) is 48.5 Å². The Balaban J connectivity index is 1.36. The molecular weight excluding hydrogens is 468 g/mol. The molecule has 4 rings (SSSR count). The lowest BCUT2D eigenvalue weighted by molar-refractivity contribution is -0.122. The van der Waals surface area contributed by atoms with Gasteiger partial charge in [0.1, 0.15) is 5.75 Å². The molecule has 0 bridgehead atoms. The second-order valence-electron chi connectivity index (χ2n) is 8.50. The molecule has 1 unspecified atom stereocenters. The summed E-state index contributed by atoms with van der Waals surface area (Å²) in [6.07, 6.45) is -0.153. The van der Waals surface area contributed by atoms with Gasteiger partial charge < -0.3 is 24.8 Å². The Morgan fingerprint density at radius 2 is 1.54 bits per heavy atom. The summed E-state index contributed by atoms with van der Waals surface area (Å²) >= 11 is 0. The summed E-state index contributed by atoms with van der Waals surface area (Å²) < 4.78 is 16.5. The third kappa shape index (κ3) is 6.38. The molecule has 0 saturated carbocycles. The molecule has 0 saturated heterocycles. The molecule has 4 aromatic rings. The molecule has 0 spiro atoms. The number of hydrogen-bond acceptors (Lipinski definition) is 5. The highest BCUT2D eigenvalue weighted by Gasteiger charge is 2.18. The van der Waals surface area contributed by atoms with Gasteiger partial charge in [-0.2, -0.15) is 0 Å². The maximum Gasteiger partial charge on any atom is 0.265 e. The molecule has 2 amide bonds. The third-order valence-corrected chi connectivity index (χ3v) is 5.98. The zero-order valence-corrected chi connectivity index (χ0v) is 21.1. The van der Waals surface area contributed by atoms with E-state index in [1.165, 1.54) is 0 Å². The van der Waals surface area contributed by atoms with E-state index in [-0.39, 0.29) is 11.8 Å². The fraction of sp³-hybridized carbons (Fsp3) is 0.200. The Bertz CT molecular complexity index is 1400. The Hall–Kier alpha value is -4.52. The van der Waals surface area contributed by atoms with E-state index in [9.17, 15) is 9.59 Å². The van der Waals surface area contributed by atoms with Crippen LogP contribution in [-0.4, -0.2) is 38.7 Å². The minimum atomic E-state index is -0.762. The van der Waals surface area contributed by atoms with Gasteiger partial charge in [0.25, 0.3) is 11.8 Å². The van der Waals surface area contributed by atoms with Crippen LogP contribution in [0.1, 0.15) is 22.8 Å². The van der Waals surface area contributed by atoms with Gasteiger partial charge in [-0.05, 0) is 66.1 Å². The molecule has 4 aromatic carbocycles. The topological polar surface area (TPSA) is 85.9 Å². The van der Waals surface area contributed by atoms with Crippen molar-refractivity contribution in [3.8, 4) is 17.2 Å². The van der Waals surface area contributed by atoms with Gasteiger partial charge in [0.2, 0.25) is 0 Å². The number of benzene rings is 4. The molecule has 190 valence electrons. The second-order valence-corrected chi connectivity index (χ2v) is 8.50. The zero-order valence-electron chi connectivity index (χ0n) is 21.1. The first-order valence-corrected chi connectivity index (χ1v) is 12.0. The SMILES string of the molecule is COc1ccc(CCNC(=O)c2ccccc2NC(=O)C(C)Oc2ccc3ccccc3c2)cc1OC. The van der Waals surface area contributed by atoms with E-state index in [0.29, 0.717) is 41.5 Å². The molecule has 0 fully saturated rings. The highest BCUT2D eigenvalue weighted by atomic mass is 16.5. The van der Waals surface area contributed by atoms with Crippen molar-refractivity contribution in [3.05, 3.63) is 96.1 Å². The normalized spacial score (nSPS) is 11.4. The molecule has 37 heavy (non-hydrogen) atoms. The van der Waals surface area contributed by atoms with Crippen molar-refractivity contribution >= 4 is 28.3 Å². The van der Waals surface area contributed by atoms with E-state index >= 15 is 0 Å². The number of methoxy groups -OCH3 is 2. The number of rotatable bonds is 10. The number of fused-ring (bicyclic) bond motifs is 1. The molecule has 0 heterocycles. The predicted molar refractivity (Wildman–Crippen MR) is 145 cm³/mol. The smallest absolute Gasteiger partial charge is 0.265 e. The summed E-state index contributed by atoms with van der Waals surface area (Å²) in [6, 6.07) is 26.2. The van der Waals surface area contributed by atoms with Gasteiger partial charge >= 0.3 is 0 Å². The number of carbonyl (C=O) groups excluding carboxylic acids is 2. The highest BCUT2D eigenvalue weighted by molar-refractivity contribution is 6.04. The third-order valence-electron chi connectivity index (χ3n) is 5.98. The number of para-hydroxylation sites is 1. The van der Waals surface area contributed by atoms with Crippen LogP contribution in [0.2, 0.25) is 0 Å². The van der Waals surface area contributed by atoms with E-state index in [1.807, 2.05) is 60.7 Å². The molecular formula is C30H30N2O5. The lowest BCUT2D eigenvalue weighted by Gasteiger charge is -2.17. The van der Waals surface area contributed by atoms with Crippen LogP contribution in [0.4, 0.5) is 5.69 Å². The predicted octanol–water partition coefficient (Wildman–Crippen LogP) is 5.24. The van der Waals surface area contributed by atoms with Gasteiger partial charge in [0, 0.05) is 6.54 Å². The Morgan fingerprint density at radius 3 is 2.32 bits per heavy atom. The van der Waals surface area contributed by atoms with Gasteiger partial charge in [-0.3, -0.25) is 9.59 Å². The number of nitrogens with one attached hydrogen (secondary N) is 2. The first-order chi connectivity index (χ1) is 18.0. The standard InChI is InChI=1S/C30H30N2O5/c1-20(37-24-14-13-22-8-4-5-9-23(22)19-24)29(33)32-26-11-7-6-10-25(26)30(34)31-17-16-21-12-15-27(35-2)28(18-21)36-3/h4-15,18-20H,16-17H2,1-3H3,(H,31,34)(H,32,33). The minimum Gasteiger partial charge on any atom is -0.493 e. The van der Waals surface area contributed by atoms with Crippen LogP contribution in [-0.2, 0) is 11.2 Å². The number of hydrogen-bond donors (Lipinski definition) is 2. The maximum absolute atomic E-state index is 12.9. The quantitative estimate of drug-likeness (QED) is 0.313. The summed E-state index contributed by atoms with van der Waals surface area (Å²) in [5, 5.41) is 7.87. The zero-order chi connectivity index (χ0) is 26.2. The monoisotopic (exact) mass is 498 g/mol. The largest absolute Gasteiger partial charge is 0.493 e. The lowest BCUT2D eigenvalue weighted by atomic mass is 10.1. The van der Waals surface area contributed by atoms with Crippen LogP contribution in [0.15, 0.2) is 84.9 Å². The van der Waals surface area contributed by atoms with Crippen LogP contribution in [0.5, 0.6) is 17.2 Å². The van der Waals surface area contributed by atoms with Crippen LogP contribution in [0.3, 0.4) is 0 Å². The number of carbonyl (C=O) groups is 2. The molecule has 0 aliphatic rings. The summed E-state index contributed by atoms with van der Waals surface area (Å²) in [6.45, 7) is 2.09. The number of amides is 2. The summed E-state index contributed by atoms with van der Waals surface area (Å²) in [7, 11) is 3.17. The Morgan fingerprint density at radius 1 is 0.811 bits per heavy atom. The fourth-order valence-electron chi connectivity index (χ4n) is 3.97. The molecule has 0 aliphatic carbocycles. The molecule has 2 N–H and O–H groups in total. The first kappa shape index (κ1) is 25.6. The van der Waals surface area contributed by atoms with Crippen molar-refractivity contribution in [2.75, 3.05) is 26.1 Å². The van der Waals surface area contributed by atoms with Crippen molar-refractivity contribution in [1.82, 2.24) is 5.32 Å². The van der Waals surface area contributed by atoms with Gasteiger partial charge in [0.05, 0.1) is 25.5 Å². The van der Waals surface area contributed by atoms with E-state index in [4.69, 9.17) is 14.2 Å². The van der Waals surface area contributed by atoms with Crippen molar-refractivity contribution in [3.63, 3.8) is 0 Å². The van der Waals surface area contributed by atoms with Crippen LogP contribution in [0.25, 0.3) is 10.8 Å². The molecule has 0 aromatic heterocycles. The average Bonchev–Trinajstić information content (AvgIpc) is 2.93.